The molecule has 0 aliphatic rings. The van der Waals surface area contributed by atoms with Crippen LogP contribution < -0.4 is 14.8 Å². The Labute approximate surface area is 163 Å². The van der Waals surface area contributed by atoms with Gasteiger partial charge in [0.1, 0.15) is 23.1 Å². The van der Waals surface area contributed by atoms with Gasteiger partial charge >= 0.3 is 0 Å². The standard InChI is InChI=1S/C21H22N2O3S/c1-15-3-5-16(6-4-15)21-23-17(14-27-21)13-20(24)22-11-12-26-19-9-7-18(25-2)8-10-19/h3-10,14H,11-13H2,1-2H3,(H,22,24). The predicted molar refractivity (Wildman–Crippen MR) is 107 cm³/mol. The van der Waals surface area contributed by atoms with Crippen molar-refractivity contribution in [3.05, 3.63) is 65.2 Å². The number of amides is 1. The summed E-state index contributed by atoms with van der Waals surface area (Å²) in [6, 6.07) is 15.6. The normalized spacial score (nSPS) is 10.4. The number of methoxy groups -OCH3 is 1. The summed E-state index contributed by atoms with van der Waals surface area (Å²) in [5.41, 5.74) is 3.07. The highest BCUT2D eigenvalue weighted by molar-refractivity contribution is 7.13. The quantitative estimate of drug-likeness (QED) is 0.601. The van der Waals surface area contributed by atoms with Crippen LogP contribution in [0.5, 0.6) is 11.5 Å². The molecule has 3 rings (SSSR count). The highest BCUT2D eigenvalue weighted by Crippen LogP contribution is 2.24. The predicted octanol–water partition coefficient (Wildman–Crippen LogP) is 3.86. The van der Waals surface area contributed by atoms with Crippen LogP contribution in [0.4, 0.5) is 0 Å². The molecule has 3 aromatic rings. The summed E-state index contributed by atoms with van der Waals surface area (Å²) < 4.78 is 10.7. The second-order valence-electron chi connectivity index (χ2n) is 6.06. The number of rotatable bonds is 8. The van der Waals surface area contributed by atoms with Gasteiger partial charge in [-0.25, -0.2) is 4.98 Å². The van der Waals surface area contributed by atoms with Gasteiger partial charge in [-0.05, 0) is 31.2 Å². The minimum absolute atomic E-state index is 0.0610. The molecule has 1 heterocycles. The van der Waals surface area contributed by atoms with Crippen molar-refractivity contribution >= 4 is 17.2 Å². The molecule has 5 nitrogen and oxygen atoms in total. The van der Waals surface area contributed by atoms with Crippen molar-refractivity contribution in [3.8, 4) is 22.1 Å². The van der Waals surface area contributed by atoms with E-state index in [4.69, 9.17) is 9.47 Å². The fourth-order valence-corrected chi connectivity index (χ4v) is 3.30. The molecule has 1 aromatic heterocycles. The largest absolute Gasteiger partial charge is 0.497 e. The van der Waals surface area contributed by atoms with Gasteiger partial charge in [0.2, 0.25) is 5.91 Å². The number of benzene rings is 2. The lowest BCUT2D eigenvalue weighted by molar-refractivity contribution is -0.120. The van der Waals surface area contributed by atoms with Gasteiger partial charge in [0.05, 0.1) is 25.8 Å². The van der Waals surface area contributed by atoms with E-state index in [0.29, 0.717) is 13.2 Å². The van der Waals surface area contributed by atoms with Crippen molar-refractivity contribution in [2.45, 2.75) is 13.3 Å². The van der Waals surface area contributed by atoms with Crippen LogP contribution in [0.2, 0.25) is 0 Å². The van der Waals surface area contributed by atoms with Crippen LogP contribution in [0, 0.1) is 6.92 Å². The molecular weight excluding hydrogens is 360 g/mol. The van der Waals surface area contributed by atoms with Gasteiger partial charge in [-0.15, -0.1) is 11.3 Å². The SMILES string of the molecule is COc1ccc(OCCNC(=O)Cc2csc(-c3ccc(C)cc3)n2)cc1. The molecule has 0 spiro atoms. The molecule has 0 aliphatic heterocycles. The topological polar surface area (TPSA) is 60.5 Å². The van der Waals surface area contributed by atoms with Gasteiger partial charge < -0.3 is 14.8 Å². The second kappa shape index (κ2) is 9.19. The van der Waals surface area contributed by atoms with Gasteiger partial charge in [-0.2, -0.15) is 0 Å². The van der Waals surface area contributed by atoms with Crippen LogP contribution in [0.1, 0.15) is 11.3 Å². The molecule has 0 saturated heterocycles. The zero-order valence-electron chi connectivity index (χ0n) is 15.4. The van der Waals surface area contributed by atoms with Crippen LogP contribution in [-0.2, 0) is 11.2 Å². The molecule has 0 saturated carbocycles. The molecule has 140 valence electrons. The van der Waals surface area contributed by atoms with Crippen molar-refractivity contribution in [1.29, 1.82) is 0 Å². The van der Waals surface area contributed by atoms with Gasteiger partial charge in [0.15, 0.2) is 0 Å². The monoisotopic (exact) mass is 382 g/mol. The Hall–Kier alpha value is -2.86. The summed E-state index contributed by atoms with van der Waals surface area (Å²) in [6.45, 7) is 2.91. The molecule has 0 radical (unpaired) electrons. The Morgan fingerprint density at radius 1 is 1.07 bits per heavy atom. The number of hydrogen-bond acceptors (Lipinski definition) is 5. The highest BCUT2D eigenvalue weighted by Gasteiger charge is 2.09. The Balaban J connectivity index is 1.42. The molecule has 0 atom stereocenters. The maximum atomic E-state index is 12.1. The van der Waals surface area contributed by atoms with Crippen LogP contribution in [0.25, 0.3) is 10.6 Å². The number of ether oxygens (including phenoxy) is 2. The van der Waals surface area contributed by atoms with Crippen LogP contribution in [0.3, 0.4) is 0 Å². The first kappa shape index (κ1) is 18.9. The van der Waals surface area contributed by atoms with Crippen LogP contribution >= 0.6 is 11.3 Å². The van der Waals surface area contributed by atoms with Crippen molar-refractivity contribution in [3.63, 3.8) is 0 Å². The number of hydrogen-bond donors (Lipinski definition) is 1. The van der Waals surface area contributed by atoms with E-state index in [1.165, 1.54) is 5.56 Å². The van der Waals surface area contributed by atoms with Crippen LogP contribution in [0.15, 0.2) is 53.9 Å². The first-order valence-corrected chi connectivity index (χ1v) is 9.57. The molecule has 0 unspecified atom stereocenters. The first-order chi connectivity index (χ1) is 13.1. The summed E-state index contributed by atoms with van der Waals surface area (Å²) in [5.74, 6) is 1.46. The van der Waals surface area contributed by atoms with Crippen LogP contribution in [-0.4, -0.2) is 31.2 Å². The smallest absolute Gasteiger partial charge is 0.226 e. The van der Waals surface area contributed by atoms with Crippen molar-refractivity contribution < 1.29 is 14.3 Å². The Morgan fingerprint density at radius 3 is 2.48 bits per heavy atom. The summed E-state index contributed by atoms with van der Waals surface area (Å²) in [7, 11) is 1.62. The fourth-order valence-electron chi connectivity index (χ4n) is 2.48. The number of nitrogens with one attached hydrogen (secondary N) is 1. The Bertz CT molecular complexity index is 873. The highest BCUT2D eigenvalue weighted by atomic mass is 32.1. The molecule has 0 bridgehead atoms. The third-order valence-electron chi connectivity index (χ3n) is 3.94. The minimum atomic E-state index is -0.0610. The Morgan fingerprint density at radius 2 is 1.78 bits per heavy atom. The number of carbonyl (C=O) groups is 1. The fraction of sp³-hybridized carbons (Fsp3) is 0.238. The summed E-state index contributed by atoms with van der Waals surface area (Å²) in [5, 5.41) is 5.72. The van der Waals surface area contributed by atoms with E-state index in [1.807, 2.05) is 29.6 Å². The Kier molecular flexibility index (Phi) is 6.44. The summed E-state index contributed by atoms with van der Waals surface area (Å²) in [4.78, 5) is 16.6. The van der Waals surface area contributed by atoms with E-state index in [-0.39, 0.29) is 12.3 Å². The lowest BCUT2D eigenvalue weighted by atomic mass is 10.2. The lowest BCUT2D eigenvalue weighted by Crippen LogP contribution is -2.29. The minimum Gasteiger partial charge on any atom is -0.497 e. The number of nitrogens with zero attached hydrogens (tertiary/aromatic N) is 1. The zero-order valence-corrected chi connectivity index (χ0v) is 16.2. The third kappa shape index (κ3) is 5.56. The van der Waals surface area contributed by atoms with Crippen molar-refractivity contribution in [2.24, 2.45) is 0 Å². The van der Waals surface area contributed by atoms with Crippen molar-refractivity contribution in [1.82, 2.24) is 10.3 Å². The van der Waals surface area contributed by atoms with E-state index in [2.05, 4.69) is 41.5 Å². The molecular formula is C21H22N2O3S. The molecule has 0 aliphatic carbocycles. The zero-order chi connectivity index (χ0) is 19.1. The molecule has 27 heavy (non-hydrogen) atoms. The maximum Gasteiger partial charge on any atom is 0.226 e. The molecule has 0 fully saturated rings. The first-order valence-electron chi connectivity index (χ1n) is 8.69. The third-order valence-corrected chi connectivity index (χ3v) is 4.88. The van der Waals surface area contributed by atoms with E-state index >= 15 is 0 Å². The van der Waals surface area contributed by atoms with Gasteiger partial charge in [0.25, 0.3) is 0 Å². The number of carbonyl (C=O) groups excluding carboxylic acids is 1. The van der Waals surface area contributed by atoms with Gasteiger partial charge in [-0.3, -0.25) is 4.79 Å². The summed E-state index contributed by atoms with van der Waals surface area (Å²) >= 11 is 1.55. The summed E-state index contributed by atoms with van der Waals surface area (Å²) in [6.07, 6.45) is 0.269. The molecule has 6 heteroatoms. The van der Waals surface area contributed by atoms with Gasteiger partial charge in [-0.1, -0.05) is 29.8 Å². The molecule has 2 aromatic carbocycles. The lowest BCUT2D eigenvalue weighted by Gasteiger charge is -2.08. The van der Waals surface area contributed by atoms with Gasteiger partial charge in [0, 0.05) is 10.9 Å². The molecule has 1 amide bonds. The van der Waals surface area contributed by atoms with E-state index in [1.54, 1.807) is 18.4 Å². The second-order valence-corrected chi connectivity index (χ2v) is 6.92. The molecule has 1 N–H and O–H groups in total. The van der Waals surface area contributed by atoms with E-state index in [9.17, 15) is 4.79 Å². The van der Waals surface area contributed by atoms with E-state index in [0.717, 1.165) is 27.8 Å². The maximum absolute atomic E-state index is 12.1. The average molecular weight is 382 g/mol. The van der Waals surface area contributed by atoms with E-state index < -0.39 is 0 Å². The van der Waals surface area contributed by atoms with Crippen molar-refractivity contribution in [2.75, 3.05) is 20.3 Å². The number of aryl methyl sites for hydroxylation is 1. The number of thiazole rings is 1. The average Bonchev–Trinajstić information content (AvgIpc) is 3.14. The number of aromatic nitrogens is 1.